The molecule has 1 atom stereocenters. The average Bonchev–Trinajstić information content (AvgIpc) is 3.09. The average molecular weight is 256 g/mol. The van der Waals surface area contributed by atoms with Crippen molar-refractivity contribution in [1.82, 2.24) is 4.98 Å². The molecule has 1 fully saturated rings. The van der Waals surface area contributed by atoms with Crippen molar-refractivity contribution in [2.45, 2.75) is 23.8 Å². The predicted molar refractivity (Wildman–Crippen MR) is 64.8 cm³/mol. The van der Waals surface area contributed by atoms with Crippen LogP contribution in [0.1, 0.15) is 12.8 Å². The molecule has 17 heavy (non-hydrogen) atoms. The summed E-state index contributed by atoms with van der Waals surface area (Å²) in [4.78, 5) is 4.03. The number of aromatic nitrogens is 1. The molecule has 0 spiro atoms. The monoisotopic (exact) mass is 256 g/mol. The first-order valence-electron chi connectivity index (χ1n) is 5.46. The van der Waals surface area contributed by atoms with Gasteiger partial charge < -0.3 is 11.1 Å². The molecule has 0 saturated heterocycles. The van der Waals surface area contributed by atoms with Gasteiger partial charge in [0.25, 0.3) is 0 Å². The Bertz CT molecular complexity index is 482. The van der Waals surface area contributed by atoms with E-state index >= 15 is 0 Å². The van der Waals surface area contributed by atoms with Crippen LogP contribution in [0.25, 0.3) is 0 Å². The van der Waals surface area contributed by atoms with Crippen LogP contribution in [-0.4, -0.2) is 26.0 Å². The van der Waals surface area contributed by atoms with Gasteiger partial charge in [-0.1, -0.05) is 0 Å². The molecule has 1 aliphatic carbocycles. The first-order valence-corrected chi connectivity index (χ1v) is 7.01. The van der Waals surface area contributed by atoms with Crippen molar-refractivity contribution in [3.8, 4) is 0 Å². The number of nitrogens with one attached hydrogen (secondary N) is 1. The van der Waals surface area contributed by atoms with Crippen LogP contribution in [0.4, 0.5) is 5.82 Å². The molecule has 1 unspecified atom stereocenters. The van der Waals surface area contributed by atoms with Gasteiger partial charge in [0.05, 0.1) is 0 Å². The van der Waals surface area contributed by atoms with Crippen molar-refractivity contribution in [3.63, 3.8) is 0 Å². The lowest BCUT2D eigenvalue weighted by Crippen LogP contribution is -2.31. The number of hydrogen-bond acceptors (Lipinski definition) is 5. The summed E-state index contributed by atoms with van der Waals surface area (Å²) in [6.45, 7) is 0.545. The van der Waals surface area contributed by atoms with Crippen LogP contribution in [0.5, 0.6) is 0 Å². The van der Waals surface area contributed by atoms with E-state index in [1.807, 2.05) is 0 Å². The van der Waals surface area contributed by atoms with Crippen molar-refractivity contribution < 1.29 is 8.42 Å². The summed E-state index contributed by atoms with van der Waals surface area (Å²) in [5.74, 6) is 1.24. The number of primary sulfonamides is 1. The molecule has 7 heteroatoms. The van der Waals surface area contributed by atoms with Crippen molar-refractivity contribution in [3.05, 3.63) is 18.3 Å². The van der Waals surface area contributed by atoms with E-state index < -0.39 is 10.0 Å². The Morgan fingerprint density at radius 2 is 2.18 bits per heavy atom. The summed E-state index contributed by atoms with van der Waals surface area (Å²) < 4.78 is 22.1. The Morgan fingerprint density at radius 1 is 1.47 bits per heavy atom. The van der Waals surface area contributed by atoms with Gasteiger partial charge in [-0.05, 0) is 30.9 Å². The number of anilines is 1. The molecule has 1 aromatic heterocycles. The van der Waals surface area contributed by atoms with E-state index in [4.69, 9.17) is 10.9 Å². The van der Waals surface area contributed by atoms with Crippen molar-refractivity contribution in [2.24, 2.45) is 16.8 Å². The van der Waals surface area contributed by atoms with Gasteiger partial charge in [0.15, 0.2) is 0 Å². The molecular formula is C10H16N4O2S. The van der Waals surface area contributed by atoms with E-state index in [9.17, 15) is 8.42 Å². The van der Waals surface area contributed by atoms with Gasteiger partial charge in [-0.3, -0.25) is 0 Å². The zero-order valence-corrected chi connectivity index (χ0v) is 10.2. The normalized spacial score (nSPS) is 17.8. The highest BCUT2D eigenvalue weighted by molar-refractivity contribution is 7.89. The minimum Gasteiger partial charge on any atom is -0.366 e. The number of rotatable bonds is 5. The zero-order chi connectivity index (χ0) is 12.5. The molecule has 0 amide bonds. The second-order valence-corrected chi connectivity index (χ2v) is 5.81. The van der Waals surface area contributed by atoms with Crippen LogP contribution in [0, 0.1) is 5.92 Å². The van der Waals surface area contributed by atoms with E-state index in [0.717, 1.165) is 0 Å². The lowest BCUT2D eigenvalue weighted by atomic mass is 10.2. The van der Waals surface area contributed by atoms with Gasteiger partial charge in [-0.2, -0.15) is 0 Å². The third kappa shape index (κ3) is 3.15. The molecule has 1 saturated carbocycles. The largest absolute Gasteiger partial charge is 0.366 e. The Hall–Kier alpha value is -1.18. The Labute approximate surface area is 100 Å². The molecule has 0 aliphatic heterocycles. The van der Waals surface area contributed by atoms with Crippen molar-refractivity contribution in [1.29, 1.82) is 0 Å². The molecule has 1 heterocycles. The molecule has 5 N–H and O–H groups in total. The van der Waals surface area contributed by atoms with Gasteiger partial charge >= 0.3 is 0 Å². The topological polar surface area (TPSA) is 111 Å². The molecule has 0 aromatic carbocycles. The van der Waals surface area contributed by atoms with Crippen LogP contribution < -0.4 is 16.2 Å². The van der Waals surface area contributed by atoms with Gasteiger partial charge in [-0.15, -0.1) is 0 Å². The fraction of sp³-hybridized carbons (Fsp3) is 0.500. The molecule has 94 valence electrons. The first-order chi connectivity index (χ1) is 8.00. The summed E-state index contributed by atoms with van der Waals surface area (Å²) in [6, 6.07) is 3.25. The van der Waals surface area contributed by atoms with Crippen LogP contribution in [0.2, 0.25) is 0 Å². The smallest absolute Gasteiger partial charge is 0.239 e. The molecule has 0 radical (unpaired) electrons. The number of sulfonamides is 1. The molecule has 0 bridgehead atoms. The highest BCUT2D eigenvalue weighted by Crippen LogP contribution is 2.33. The van der Waals surface area contributed by atoms with E-state index in [2.05, 4.69) is 10.3 Å². The maximum atomic E-state index is 11.0. The molecular weight excluding hydrogens is 240 g/mol. The maximum Gasteiger partial charge on any atom is 0.239 e. The zero-order valence-electron chi connectivity index (χ0n) is 9.33. The first kappa shape index (κ1) is 12.3. The number of nitrogens with two attached hydrogens (primary N) is 2. The third-order valence-corrected chi connectivity index (χ3v) is 3.74. The summed E-state index contributed by atoms with van der Waals surface area (Å²) in [5.41, 5.74) is 5.65. The fourth-order valence-corrected chi connectivity index (χ4v) is 2.15. The fourth-order valence-electron chi connectivity index (χ4n) is 1.69. The highest BCUT2D eigenvalue weighted by Gasteiger charge is 2.30. The van der Waals surface area contributed by atoms with E-state index in [1.165, 1.54) is 25.1 Å². The number of nitrogens with zero attached hydrogens (tertiary/aromatic N) is 1. The van der Waals surface area contributed by atoms with Gasteiger partial charge in [0.2, 0.25) is 10.0 Å². The Balaban J connectivity index is 2.07. The molecule has 2 rings (SSSR count). The van der Waals surface area contributed by atoms with Gasteiger partial charge in [-0.25, -0.2) is 18.5 Å². The Morgan fingerprint density at radius 3 is 2.59 bits per heavy atom. The summed E-state index contributed by atoms with van der Waals surface area (Å²) >= 11 is 0. The maximum absolute atomic E-state index is 11.0. The molecule has 6 nitrogen and oxygen atoms in total. The quantitative estimate of drug-likeness (QED) is 0.680. The Kier molecular flexibility index (Phi) is 3.32. The summed E-state index contributed by atoms with van der Waals surface area (Å²) in [7, 11) is -3.67. The molecule has 1 aromatic rings. The number of pyridine rings is 1. The summed E-state index contributed by atoms with van der Waals surface area (Å²) in [6.07, 6.45) is 3.62. The molecule has 1 aliphatic rings. The standard InChI is InChI=1S/C10H16N4O2S/c11-5-9(7-1-2-7)14-10-4-3-8(6-13-10)17(12,15)16/h3-4,6-7,9H,1-2,5,11H2,(H,13,14)(H2,12,15,16). The van der Waals surface area contributed by atoms with Crippen molar-refractivity contribution >= 4 is 15.8 Å². The lowest BCUT2D eigenvalue weighted by Gasteiger charge is -2.16. The minimum atomic E-state index is -3.67. The highest BCUT2D eigenvalue weighted by atomic mass is 32.2. The second-order valence-electron chi connectivity index (χ2n) is 4.25. The van der Waals surface area contributed by atoms with E-state index in [1.54, 1.807) is 6.07 Å². The lowest BCUT2D eigenvalue weighted by molar-refractivity contribution is 0.597. The second kappa shape index (κ2) is 4.59. The minimum absolute atomic E-state index is 0.0128. The van der Waals surface area contributed by atoms with Crippen LogP contribution in [0.3, 0.4) is 0 Å². The predicted octanol–water partition coefficient (Wildman–Crippen LogP) is -0.122. The van der Waals surface area contributed by atoms with Crippen LogP contribution in [-0.2, 0) is 10.0 Å². The SMILES string of the molecule is NCC(Nc1ccc(S(N)(=O)=O)cn1)C1CC1. The van der Waals surface area contributed by atoms with E-state index in [0.29, 0.717) is 18.3 Å². The van der Waals surface area contributed by atoms with E-state index in [-0.39, 0.29) is 10.9 Å². The van der Waals surface area contributed by atoms with Gasteiger partial charge in [0.1, 0.15) is 10.7 Å². The number of hydrogen-bond donors (Lipinski definition) is 3. The summed E-state index contributed by atoms with van der Waals surface area (Å²) in [5, 5.41) is 8.18. The van der Waals surface area contributed by atoms with Crippen LogP contribution in [0.15, 0.2) is 23.2 Å². The van der Waals surface area contributed by atoms with Crippen LogP contribution >= 0.6 is 0 Å². The third-order valence-electron chi connectivity index (χ3n) is 2.84. The van der Waals surface area contributed by atoms with Gasteiger partial charge in [0, 0.05) is 18.8 Å². The van der Waals surface area contributed by atoms with Crippen molar-refractivity contribution in [2.75, 3.05) is 11.9 Å².